The van der Waals surface area contributed by atoms with E-state index < -0.39 is 0 Å². The van der Waals surface area contributed by atoms with Crippen molar-refractivity contribution in [2.45, 2.75) is 26.8 Å². The summed E-state index contributed by atoms with van der Waals surface area (Å²) in [5, 5.41) is 3.09. The van der Waals surface area contributed by atoms with Crippen LogP contribution in [0.25, 0.3) is 22.4 Å². The first kappa shape index (κ1) is 21.6. The number of furan rings is 1. The molecule has 3 aromatic heterocycles. The smallest absolute Gasteiger partial charge is 0.292 e. The molecule has 0 atom stereocenters. The number of anilines is 1. The number of carbonyl (C=O) groups excluding carboxylic acids is 1. The summed E-state index contributed by atoms with van der Waals surface area (Å²) >= 11 is 0. The van der Waals surface area contributed by atoms with Gasteiger partial charge in [-0.2, -0.15) is 0 Å². The number of methoxy groups -OCH3 is 1. The number of aromatic amines is 1. The molecule has 3 heterocycles. The van der Waals surface area contributed by atoms with Crippen LogP contribution in [0.3, 0.4) is 0 Å². The number of hydrogen-bond acceptors (Lipinski definition) is 4. The molecule has 2 N–H and O–H groups in total. The fourth-order valence-corrected chi connectivity index (χ4v) is 4.24. The summed E-state index contributed by atoms with van der Waals surface area (Å²) in [6.07, 6.45) is 2.29. The number of hydrogen-bond donors (Lipinski definition) is 2. The van der Waals surface area contributed by atoms with E-state index in [2.05, 4.69) is 40.8 Å². The Morgan fingerprint density at radius 3 is 2.59 bits per heavy atom. The molecule has 0 bridgehead atoms. The molecule has 0 fully saturated rings. The van der Waals surface area contributed by atoms with Gasteiger partial charge in [0.15, 0.2) is 5.76 Å². The highest BCUT2D eigenvalue weighted by atomic mass is 16.5. The van der Waals surface area contributed by atoms with E-state index in [0.717, 1.165) is 45.8 Å². The first-order valence-corrected chi connectivity index (χ1v) is 11.2. The fraction of sp³-hybridized carbons (Fsp3) is 0.185. The lowest BCUT2D eigenvalue weighted by atomic mass is 10.1. The minimum atomic E-state index is -0.300. The fourth-order valence-electron chi connectivity index (χ4n) is 4.24. The molecule has 0 spiro atoms. The molecular weight excluding hydrogens is 428 g/mol. The van der Waals surface area contributed by atoms with Crippen LogP contribution in [0.1, 0.15) is 27.4 Å². The van der Waals surface area contributed by atoms with Gasteiger partial charge >= 0.3 is 0 Å². The molecule has 2 aromatic carbocycles. The first-order valence-electron chi connectivity index (χ1n) is 11.2. The van der Waals surface area contributed by atoms with Gasteiger partial charge in [-0.25, -0.2) is 4.98 Å². The number of H-pyrrole nitrogens is 1. The van der Waals surface area contributed by atoms with Crippen LogP contribution in [0.4, 0.5) is 5.82 Å². The Morgan fingerprint density at radius 1 is 1.09 bits per heavy atom. The highest BCUT2D eigenvalue weighted by Crippen LogP contribution is 2.36. The zero-order valence-electron chi connectivity index (χ0n) is 19.4. The molecule has 1 amide bonds. The number of carbonyl (C=O) groups is 1. The largest absolute Gasteiger partial charge is 0.497 e. The molecule has 172 valence electrons. The maximum absolute atomic E-state index is 13.0. The topological polar surface area (TPSA) is 85.1 Å². The Labute approximate surface area is 197 Å². The molecule has 0 radical (unpaired) electrons. The van der Waals surface area contributed by atoms with Gasteiger partial charge in [-0.3, -0.25) is 4.79 Å². The molecule has 0 aliphatic carbocycles. The van der Waals surface area contributed by atoms with Gasteiger partial charge in [0.2, 0.25) is 0 Å². The standard InChI is InChI=1S/C27H26N4O3/c1-17-18(2)31(15-14-19-10-12-20(33-3)13-11-19)26(30-27(32)23-9-6-16-34-23)24(17)25-28-21-7-4-5-8-22(21)29-25/h4-13,16H,14-15H2,1-3H3,(H,28,29)(H,30,32). The van der Waals surface area contributed by atoms with Crippen LogP contribution in [-0.2, 0) is 13.0 Å². The van der Waals surface area contributed by atoms with E-state index in [1.165, 1.54) is 11.8 Å². The summed E-state index contributed by atoms with van der Waals surface area (Å²) in [6.45, 7) is 4.81. The summed E-state index contributed by atoms with van der Waals surface area (Å²) in [5.41, 5.74) is 6.01. The second-order valence-corrected chi connectivity index (χ2v) is 8.22. The van der Waals surface area contributed by atoms with Crippen LogP contribution < -0.4 is 10.1 Å². The number of rotatable bonds is 7. The third kappa shape index (κ3) is 3.96. The number of fused-ring (bicyclic) bond motifs is 1. The van der Waals surface area contributed by atoms with Crippen LogP contribution in [0.2, 0.25) is 0 Å². The SMILES string of the molecule is COc1ccc(CCn2c(C)c(C)c(-c3nc4ccccc4[nH]3)c2NC(=O)c2ccco2)cc1. The van der Waals surface area contributed by atoms with E-state index in [1.54, 1.807) is 19.2 Å². The zero-order valence-corrected chi connectivity index (χ0v) is 19.4. The van der Waals surface area contributed by atoms with Crippen molar-refractivity contribution >= 4 is 22.8 Å². The molecule has 7 nitrogen and oxygen atoms in total. The number of amides is 1. The number of imidazole rings is 1. The number of aromatic nitrogens is 3. The predicted octanol–water partition coefficient (Wildman–Crippen LogP) is 5.74. The predicted molar refractivity (Wildman–Crippen MR) is 132 cm³/mol. The lowest BCUT2D eigenvalue weighted by Gasteiger charge is -2.14. The van der Waals surface area contributed by atoms with Crippen molar-refractivity contribution in [2.75, 3.05) is 12.4 Å². The Bertz CT molecular complexity index is 1410. The lowest BCUT2D eigenvalue weighted by Crippen LogP contribution is -2.16. The molecule has 0 saturated heterocycles. The van der Waals surface area contributed by atoms with Gasteiger partial charge in [-0.1, -0.05) is 24.3 Å². The average Bonchev–Trinajstić information content (AvgIpc) is 3.58. The molecule has 0 unspecified atom stereocenters. The number of nitrogens with zero attached hydrogens (tertiary/aromatic N) is 2. The number of ether oxygens (including phenoxy) is 1. The molecular formula is C27H26N4O3. The Balaban J connectivity index is 1.56. The van der Waals surface area contributed by atoms with Gasteiger partial charge in [0, 0.05) is 12.2 Å². The molecule has 0 saturated carbocycles. The first-order chi connectivity index (χ1) is 16.5. The van der Waals surface area contributed by atoms with Crippen LogP contribution in [0.15, 0.2) is 71.3 Å². The monoisotopic (exact) mass is 454 g/mol. The Hall–Kier alpha value is -4.26. The Morgan fingerprint density at radius 2 is 1.88 bits per heavy atom. The average molecular weight is 455 g/mol. The minimum Gasteiger partial charge on any atom is -0.497 e. The van der Waals surface area contributed by atoms with Gasteiger partial charge in [-0.15, -0.1) is 0 Å². The van der Waals surface area contributed by atoms with Crippen LogP contribution in [-0.4, -0.2) is 27.6 Å². The third-order valence-electron chi connectivity index (χ3n) is 6.22. The van der Waals surface area contributed by atoms with Crippen molar-refractivity contribution in [3.05, 3.63) is 89.5 Å². The van der Waals surface area contributed by atoms with E-state index in [-0.39, 0.29) is 11.7 Å². The second-order valence-electron chi connectivity index (χ2n) is 8.22. The van der Waals surface area contributed by atoms with E-state index in [4.69, 9.17) is 14.1 Å². The van der Waals surface area contributed by atoms with Crippen molar-refractivity contribution < 1.29 is 13.9 Å². The number of aryl methyl sites for hydroxylation is 1. The Kier molecular flexibility index (Phi) is 5.67. The number of para-hydroxylation sites is 2. The molecule has 0 aliphatic rings. The van der Waals surface area contributed by atoms with Gasteiger partial charge in [0.25, 0.3) is 5.91 Å². The normalized spacial score (nSPS) is 11.1. The van der Waals surface area contributed by atoms with Crippen LogP contribution in [0, 0.1) is 13.8 Å². The minimum absolute atomic E-state index is 0.258. The quantitative estimate of drug-likeness (QED) is 0.328. The van der Waals surface area contributed by atoms with Crippen LogP contribution in [0.5, 0.6) is 5.75 Å². The van der Waals surface area contributed by atoms with Crippen molar-refractivity contribution in [1.82, 2.24) is 14.5 Å². The van der Waals surface area contributed by atoms with E-state index in [0.29, 0.717) is 12.4 Å². The van der Waals surface area contributed by atoms with Crippen molar-refractivity contribution in [1.29, 1.82) is 0 Å². The van der Waals surface area contributed by atoms with Gasteiger partial charge < -0.3 is 24.0 Å². The highest BCUT2D eigenvalue weighted by Gasteiger charge is 2.24. The zero-order chi connectivity index (χ0) is 23.7. The van der Waals surface area contributed by atoms with Gasteiger partial charge in [0.1, 0.15) is 17.4 Å². The molecule has 5 rings (SSSR count). The summed E-state index contributed by atoms with van der Waals surface area (Å²) in [5.74, 6) is 2.21. The number of benzene rings is 2. The van der Waals surface area contributed by atoms with E-state index >= 15 is 0 Å². The van der Waals surface area contributed by atoms with Gasteiger partial charge in [-0.05, 0) is 67.8 Å². The highest BCUT2D eigenvalue weighted by molar-refractivity contribution is 6.04. The maximum atomic E-state index is 13.0. The van der Waals surface area contributed by atoms with Crippen LogP contribution >= 0.6 is 0 Å². The molecule has 5 aromatic rings. The third-order valence-corrected chi connectivity index (χ3v) is 6.22. The van der Waals surface area contributed by atoms with Crippen molar-refractivity contribution in [3.8, 4) is 17.1 Å². The maximum Gasteiger partial charge on any atom is 0.292 e. The molecule has 0 aliphatic heterocycles. The number of nitrogens with one attached hydrogen (secondary N) is 2. The molecule has 34 heavy (non-hydrogen) atoms. The molecule has 7 heteroatoms. The summed E-state index contributed by atoms with van der Waals surface area (Å²) in [4.78, 5) is 21.2. The summed E-state index contributed by atoms with van der Waals surface area (Å²) in [6, 6.07) is 19.3. The van der Waals surface area contributed by atoms with E-state index in [1.807, 2.05) is 36.4 Å². The van der Waals surface area contributed by atoms with E-state index in [9.17, 15) is 4.79 Å². The van der Waals surface area contributed by atoms with Gasteiger partial charge in [0.05, 0.1) is 30.0 Å². The summed E-state index contributed by atoms with van der Waals surface area (Å²) in [7, 11) is 1.66. The van der Waals surface area contributed by atoms with Crippen molar-refractivity contribution in [3.63, 3.8) is 0 Å². The second kappa shape index (κ2) is 8.94. The van der Waals surface area contributed by atoms with Crippen molar-refractivity contribution in [2.24, 2.45) is 0 Å². The summed E-state index contributed by atoms with van der Waals surface area (Å²) < 4.78 is 12.7. The lowest BCUT2D eigenvalue weighted by molar-refractivity contribution is 0.0996.